The van der Waals surface area contributed by atoms with Crippen molar-refractivity contribution in [2.24, 2.45) is 0 Å². The van der Waals surface area contributed by atoms with E-state index in [9.17, 15) is 9.90 Å². The maximum atomic E-state index is 12.0. The van der Waals surface area contributed by atoms with E-state index < -0.39 is 6.10 Å². The fraction of sp³-hybridized carbons (Fsp3) is 0.562. The lowest BCUT2D eigenvalue weighted by molar-refractivity contribution is -0.157. The van der Waals surface area contributed by atoms with Gasteiger partial charge in [0.15, 0.2) is 6.10 Å². The largest absolute Gasteiger partial charge is 0.508 e. The number of benzene rings is 1. The number of hydrogen-bond donors (Lipinski definition) is 1. The van der Waals surface area contributed by atoms with Gasteiger partial charge < -0.3 is 14.6 Å². The van der Waals surface area contributed by atoms with Crippen molar-refractivity contribution in [3.63, 3.8) is 0 Å². The number of phenolic OH excluding ortho intramolecular Hbond substituents is 1. The topological polar surface area (TPSA) is 55.8 Å². The van der Waals surface area contributed by atoms with Gasteiger partial charge in [-0.25, -0.2) is 4.79 Å². The number of ether oxygens (including phenoxy) is 2. The van der Waals surface area contributed by atoms with Gasteiger partial charge in [0.1, 0.15) is 5.75 Å². The quantitative estimate of drug-likeness (QED) is 0.558. The lowest BCUT2D eigenvalue weighted by Gasteiger charge is -2.16. The monoisotopic (exact) mass is 280 g/mol. The molecule has 0 saturated carbocycles. The van der Waals surface area contributed by atoms with E-state index in [4.69, 9.17) is 9.47 Å². The highest BCUT2D eigenvalue weighted by atomic mass is 16.6. The normalized spacial score (nSPS) is 12.1. The van der Waals surface area contributed by atoms with Gasteiger partial charge in [0.05, 0.1) is 6.61 Å². The van der Waals surface area contributed by atoms with Crippen molar-refractivity contribution in [2.45, 2.75) is 45.6 Å². The van der Waals surface area contributed by atoms with E-state index in [0.717, 1.165) is 24.8 Å². The van der Waals surface area contributed by atoms with E-state index in [1.54, 1.807) is 18.2 Å². The van der Waals surface area contributed by atoms with Crippen LogP contribution >= 0.6 is 0 Å². The molecular weight excluding hydrogens is 256 g/mol. The summed E-state index contributed by atoms with van der Waals surface area (Å²) in [6, 6.07) is 6.86. The molecule has 1 atom stereocenters. The van der Waals surface area contributed by atoms with Crippen molar-refractivity contribution in [3.8, 4) is 5.75 Å². The third kappa shape index (κ3) is 6.06. The van der Waals surface area contributed by atoms with Gasteiger partial charge in [0, 0.05) is 13.0 Å². The van der Waals surface area contributed by atoms with Crippen LogP contribution in [-0.2, 0) is 20.7 Å². The first-order chi connectivity index (χ1) is 9.67. The van der Waals surface area contributed by atoms with E-state index in [1.165, 1.54) is 0 Å². The molecule has 4 heteroatoms. The van der Waals surface area contributed by atoms with Gasteiger partial charge in [0.2, 0.25) is 0 Å². The summed E-state index contributed by atoms with van der Waals surface area (Å²) in [5, 5.41) is 9.46. The molecule has 1 N–H and O–H groups in total. The highest BCUT2D eigenvalue weighted by molar-refractivity contribution is 5.75. The molecule has 0 aliphatic heterocycles. The molecule has 0 aromatic heterocycles. The molecule has 4 nitrogen and oxygen atoms in total. The van der Waals surface area contributed by atoms with Crippen LogP contribution in [0.1, 0.15) is 38.7 Å². The summed E-state index contributed by atoms with van der Waals surface area (Å²) in [4.78, 5) is 12.0. The Hall–Kier alpha value is -1.55. The second-order valence-corrected chi connectivity index (χ2v) is 4.75. The Balaban J connectivity index is 2.60. The molecule has 0 amide bonds. The number of hydrogen-bond acceptors (Lipinski definition) is 4. The first-order valence-electron chi connectivity index (χ1n) is 7.23. The Morgan fingerprint density at radius 1 is 1.25 bits per heavy atom. The molecule has 0 heterocycles. The summed E-state index contributed by atoms with van der Waals surface area (Å²) in [6.07, 6.45) is 2.50. The van der Waals surface area contributed by atoms with Crippen LogP contribution in [0.3, 0.4) is 0 Å². The van der Waals surface area contributed by atoms with Gasteiger partial charge in [-0.1, -0.05) is 32.4 Å². The molecule has 112 valence electrons. The highest BCUT2D eigenvalue weighted by Crippen LogP contribution is 2.14. The molecule has 0 fully saturated rings. The van der Waals surface area contributed by atoms with Gasteiger partial charge in [-0.15, -0.1) is 0 Å². The maximum Gasteiger partial charge on any atom is 0.335 e. The Labute approximate surface area is 120 Å². The number of unbranched alkanes of at least 4 members (excludes halogenated alkanes) is 1. The van der Waals surface area contributed by atoms with Gasteiger partial charge in [-0.3, -0.25) is 0 Å². The van der Waals surface area contributed by atoms with E-state index in [2.05, 4.69) is 0 Å². The SMILES string of the molecule is CCCCOC(=O)C(Cc1cccc(O)c1)OCCC. The third-order valence-corrected chi connectivity index (χ3v) is 2.86. The van der Waals surface area contributed by atoms with Crippen LogP contribution in [0.15, 0.2) is 24.3 Å². The van der Waals surface area contributed by atoms with Crippen molar-refractivity contribution < 1.29 is 19.4 Å². The van der Waals surface area contributed by atoms with E-state index in [0.29, 0.717) is 19.6 Å². The summed E-state index contributed by atoms with van der Waals surface area (Å²) in [5.74, 6) is -0.133. The van der Waals surface area contributed by atoms with Crippen molar-refractivity contribution in [2.75, 3.05) is 13.2 Å². The van der Waals surface area contributed by atoms with Crippen molar-refractivity contribution in [1.82, 2.24) is 0 Å². The zero-order chi connectivity index (χ0) is 14.8. The lowest BCUT2D eigenvalue weighted by Crippen LogP contribution is -2.29. The molecule has 1 aromatic rings. The van der Waals surface area contributed by atoms with Crippen molar-refractivity contribution in [3.05, 3.63) is 29.8 Å². The molecule has 0 spiro atoms. The fourth-order valence-electron chi connectivity index (χ4n) is 1.78. The minimum absolute atomic E-state index is 0.191. The summed E-state index contributed by atoms with van der Waals surface area (Å²) in [5.41, 5.74) is 0.860. The predicted molar refractivity (Wildman–Crippen MR) is 77.7 cm³/mol. The summed E-state index contributed by atoms with van der Waals surface area (Å²) >= 11 is 0. The summed E-state index contributed by atoms with van der Waals surface area (Å²) in [7, 11) is 0. The molecule has 0 bridgehead atoms. The minimum atomic E-state index is -0.603. The molecule has 1 rings (SSSR count). The van der Waals surface area contributed by atoms with E-state index >= 15 is 0 Å². The Morgan fingerprint density at radius 3 is 2.70 bits per heavy atom. The van der Waals surface area contributed by atoms with Crippen LogP contribution in [0.2, 0.25) is 0 Å². The third-order valence-electron chi connectivity index (χ3n) is 2.86. The number of esters is 1. The maximum absolute atomic E-state index is 12.0. The summed E-state index contributed by atoms with van der Waals surface area (Å²) < 4.78 is 10.8. The standard InChI is InChI=1S/C16H24O4/c1-3-5-10-20-16(18)15(19-9-4-2)12-13-7-6-8-14(17)11-13/h6-8,11,15,17H,3-5,9-10,12H2,1-2H3. The molecule has 0 saturated heterocycles. The molecular formula is C16H24O4. The molecule has 1 unspecified atom stereocenters. The Morgan fingerprint density at radius 2 is 2.05 bits per heavy atom. The highest BCUT2D eigenvalue weighted by Gasteiger charge is 2.21. The van der Waals surface area contributed by atoms with Gasteiger partial charge in [-0.2, -0.15) is 0 Å². The van der Waals surface area contributed by atoms with Crippen LogP contribution in [0.4, 0.5) is 0 Å². The summed E-state index contributed by atoms with van der Waals surface area (Å²) in [6.45, 7) is 4.99. The number of aromatic hydroxyl groups is 1. The fourth-order valence-corrected chi connectivity index (χ4v) is 1.78. The second kappa shape index (κ2) is 9.37. The molecule has 0 aliphatic rings. The first kappa shape index (κ1) is 16.5. The van der Waals surface area contributed by atoms with Crippen LogP contribution in [0.5, 0.6) is 5.75 Å². The van der Waals surface area contributed by atoms with E-state index in [1.807, 2.05) is 19.9 Å². The number of carbonyl (C=O) groups excluding carboxylic acids is 1. The zero-order valence-corrected chi connectivity index (χ0v) is 12.3. The van der Waals surface area contributed by atoms with Crippen molar-refractivity contribution >= 4 is 5.97 Å². The number of rotatable bonds is 9. The first-order valence-corrected chi connectivity index (χ1v) is 7.23. The van der Waals surface area contributed by atoms with Gasteiger partial charge in [-0.05, 0) is 30.5 Å². The van der Waals surface area contributed by atoms with E-state index in [-0.39, 0.29) is 11.7 Å². The Bertz CT molecular complexity index is 403. The smallest absolute Gasteiger partial charge is 0.335 e. The van der Waals surface area contributed by atoms with Crippen LogP contribution in [0.25, 0.3) is 0 Å². The molecule has 0 aliphatic carbocycles. The predicted octanol–water partition coefficient (Wildman–Crippen LogP) is 3.07. The number of phenols is 1. The van der Waals surface area contributed by atoms with Gasteiger partial charge >= 0.3 is 5.97 Å². The molecule has 0 radical (unpaired) electrons. The lowest BCUT2D eigenvalue weighted by atomic mass is 10.1. The number of carbonyl (C=O) groups is 1. The van der Waals surface area contributed by atoms with Crippen molar-refractivity contribution in [1.29, 1.82) is 0 Å². The second-order valence-electron chi connectivity index (χ2n) is 4.75. The van der Waals surface area contributed by atoms with Crippen LogP contribution < -0.4 is 0 Å². The Kier molecular flexibility index (Phi) is 7.73. The average Bonchev–Trinajstić information content (AvgIpc) is 2.43. The van der Waals surface area contributed by atoms with Crippen LogP contribution in [-0.4, -0.2) is 30.4 Å². The minimum Gasteiger partial charge on any atom is -0.508 e. The van der Waals surface area contributed by atoms with Crippen LogP contribution in [0, 0.1) is 0 Å². The molecule has 1 aromatic carbocycles. The average molecular weight is 280 g/mol. The van der Waals surface area contributed by atoms with Gasteiger partial charge in [0.25, 0.3) is 0 Å². The molecule has 20 heavy (non-hydrogen) atoms. The zero-order valence-electron chi connectivity index (χ0n) is 12.3.